The van der Waals surface area contributed by atoms with Crippen LogP contribution in [0.2, 0.25) is 0 Å². The van der Waals surface area contributed by atoms with Gasteiger partial charge in [0.15, 0.2) is 11.5 Å². The van der Waals surface area contributed by atoms with Gasteiger partial charge in [-0.2, -0.15) is 11.8 Å². The number of hydrogen-bond donors (Lipinski definition) is 2. The van der Waals surface area contributed by atoms with Crippen molar-refractivity contribution in [1.82, 2.24) is 5.32 Å². The van der Waals surface area contributed by atoms with Crippen LogP contribution in [0.4, 0.5) is 0 Å². The lowest BCUT2D eigenvalue weighted by atomic mass is 10.1. The predicted molar refractivity (Wildman–Crippen MR) is 94.6 cm³/mol. The van der Waals surface area contributed by atoms with Crippen molar-refractivity contribution in [1.29, 1.82) is 0 Å². The average molecular weight is 341 g/mol. The number of carbonyl (C=O) groups is 1. The van der Waals surface area contributed by atoms with Crippen LogP contribution in [-0.4, -0.2) is 42.3 Å². The van der Waals surface area contributed by atoms with Crippen LogP contribution in [0.3, 0.4) is 0 Å². The SMILES string of the molecule is CCC(C)Oc1cc(CNC(CCSC)C(=O)O)ccc1OC. The number of carboxylic acid groups (broad SMARTS) is 1. The van der Waals surface area contributed by atoms with Crippen molar-refractivity contribution >= 4 is 17.7 Å². The Morgan fingerprint density at radius 2 is 2.13 bits per heavy atom. The molecule has 23 heavy (non-hydrogen) atoms. The zero-order valence-electron chi connectivity index (χ0n) is 14.3. The zero-order valence-corrected chi connectivity index (χ0v) is 15.1. The molecule has 0 aliphatic rings. The number of rotatable bonds is 11. The van der Waals surface area contributed by atoms with Gasteiger partial charge in [-0.1, -0.05) is 13.0 Å². The Kier molecular flexibility index (Phi) is 8.87. The highest BCUT2D eigenvalue weighted by atomic mass is 32.2. The average Bonchev–Trinajstić information content (AvgIpc) is 2.54. The summed E-state index contributed by atoms with van der Waals surface area (Å²) < 4.78 is 11.2. The van der Waals surface area contributed by atoms with Gasteiger partial charge < -0.3 is 19.9 Å². The van der Waals surface area contributed by atoms with Gasteiger partial charge >= 0.3 is 5.97 Å². The van der Waals surface area contributed by atoms with Gasteiger partial charge in [0.1, 0.15) is 6.04 Å². The molecule has 5 nitrogen and oxygen atoms in total. The fraction of sp³-hybridized carbons (Fsp3) is 0.588. The van der Waals surface area contributed by atoms with Crippen molar-refractivity contribution in [3.8, 4) is 11.5 Å². The van der Waals surface area contributed by atoms with Crippen molar-refractivity contribution in [2.45, 2.75) is 45.4 Å². The zero-order chi connectivity index (χ0) is 17.2. The Balaban J connectivity index is 2.75. The first-order valence-electron chi connectivity index (χ1n) is 7.80. The second-order valence-corrected chi connectivity index (χ2v) is 6.36. The third-order valence-corrected chi connectivity index (χ3v) is 4.24. The molecule has 2 atom stereocenters. The molecule has 0 bridgehead atoms. The van der Waals surface area contributed by atoms with E-state index in [4.69, 9.17) is 9.47 Å². The van der Waals surface area contributed by atoms with Gasteiger partial charge in [-0.15, -0.1) is 0 Å². The summed E-state index contributed by atoms with van der Waals surface area (Å²) in [7, 11) is 1.61. The molecular formula is C17H27NO4S. The van der Waals surface area contributed by atoms with Crippen LogP contribution < -0.4 is 14.8 Å². The van der Waals surface area contributed by atoms with Crippen molar-refractivity contribution in [3.63, 3.8) is 0 Å². The molecule has 0 radical (unpaired) electrons. The summed E-state index contributed by atoms with van der Waals surface area (Å²) in [5, 5.41) is 12.3. The maximum absolute atomic E-state index is 11.3. The topological polar surface area (TPSA) is 67.8 Å². The van der Waals surface area contributed by atoms with E-state index in [1.165, 1.54) is 0 Å². The highest BCUT2D eigenvalue weighted by molar-refractivity contribution is 7.98. The molecule has 0 heterocycles. The summed E-state index contributed by atoms with van der Waals surface area (Å²) in [6, 6.07) is 5.14. The molecule has 6 heteroatoms. The third-order valence-electron chi connectivity index (χ3n) is 3.59. The summed E-state index contributed by atoms with van der Waals surface area (Å²) in [6.07, 6.45) is 3.58. The number of nitrogens with one attached hydrogen (secondary N) is 1. The van der Waals surface area contributed by atoms with Gasteiger partial charge in [0, 0.05) is 6.54 Å². The Morgan fingerprint density at radius 1 is 1.39 bits per heavy atom. The number of hydrogen-bond acceptors (Lipinski definition) is 5. The van der Waals surface area contributed by atoms with Crippen molar-refractivity contribution in [2.24, 2.45) is 0 Å². The van der Waals surface area contributed by atoms with Gasteiger partial charge in [0.25, 0.3) is 0 Å². The molecule has 2 N–H and O–H groups in total. The van der Waals surface area contributed by atoms with Crippen LogP contribution in [0.25, 0.3) is 0 Å². The van der Waals surface area contributed by atoms with E-state index in [1.54, 1.807) is 18.9 Å². The second-order valence-electron chi connectivity index (χ2n) is 5.38. The lowest BCUT2D eigenvalue weighted by molar-refractivity contribution is -0.139. The monoisotopic (exact) mass is 341 g/mol. The molecule has 0 fully saturated rings. The molecule has 0 amide bonds. The number of carboxylic acids is 1. The molecule has 0 aromatic heterocycles. The lowest BCUT2D eigenvalue weighted by Gasteiger charge is -2.18. The first kappa shape index (κ1) is 19.6. The first-order valence-corrected chi connectivity index (χ1v) is 9.19. The molecule has 2 unspecified atom stereocenters. The summed E-state index contributed by atoms with van der Waals surface area (Å²) in [5.41, 5.74) is 0.972. The molecule has 1 rings (SSSR count). The van der Waals surface area contributed by atoms with Gasteiger partial charge in [0.05, 0.1) is 13.2 Å². The van der Waals surface area contributed by atoms with E-state index in [0.29, 0.717) is 24.5 Å². The predicted octanol–water partition coefficient (Wildman–Crippen LogP) is 3.17. The van der Waals surface area contributed by atoms with Gasteiger partial charge in [-0.3, -0.25) is 4.79 Å². The molecule has 1 aromatic carbocycles. The van der Waals surface area contributed by atoms with E-state index in [0.717, 1.165) is 17.7 Å². The Bertz CT molecular complexity index is 495. The maximum Gasteiger partial charge on any atom is 0.320 e. The van der Waals surface area contributed by atoms with E-state index >= 15 is 0 Å². The molecule has 0 aliphatic heterocycles. The van der Waals surface area contributed by atoms with Crippen LogP contribution in [-0.2, 0) is 11.3 Å². The van der Waals surface area contributed by atoms with E-state index in [2.05, 4.69) is 12.2 Å². The summed E-state index contributed by atoms with van der Waals surface area (Å²) in [5.74, 6) is 1.38. The maximum atomic E-state index is 11.3. The summed E-state index contributed by atoms with van der Waals surface area (Å²) in [6.45, 7) is 4.55. The van der Waals surface area contributed by atoms with E-state index in [1.807, 2.05) is 31.4 Å². The molecule has 0 aliphatic carbocycles. The molecular weight excluding hydrogens is 314 g/mol. The van der Waals surface area contributed by atoms with Crippen molar-refractivity contribution < 1.29 is 19.4 Å². The third kappa shape index (κ3) is 6.71. The molecule has 130 valence electrons. The van der Waals surface area contributed by atoms with Crippen LogP contribution in [0.15, 0.2) is 18.2 Å². The van der Waals surface area contributed by atoms with Gasteiger partial charge in [0.2, 0.25) is 0 Å². The summed E-state index contributed by atoms with van der Waals surface area (Å²) in [4.78, 5) is 11.3. The Hall–Kier alpha value is -1.40. The fourth-order valence-corrected chi connectivity index (χ4v) is 2.48. The molecule has 0 saturated carbocycles. The van der Waals surface area contributed by atoms with Crippen LogP contribution in [0.1, 0.15) is 32.3 Å². The van der Waals surface area contributed by atoms with E-state index in [9.17, 15) is 9.90 Å². The lowest BCUT2D eigenvalue weighted by Crippen LogP contribution is -2.36. The van der Waals surface area contributed by atoms with Gasteiger partial charge in [-0.05, 0) is 49.5 Å². The molecule has 0 saturated heterocycles. The van der Waals surface area contributed by atoms with Crippen molar-refractivity contribution in [3.05, 3.63) is 23.8 Å². The number of benzene rings is 1. The highest BCUT2D eigenvalue weighted by Crippen LogP contribution is 2.29. The second kappa shape index (κ2) is 10.4. The smallest absolute Gasteiger partial charge is 0.320 e. The van der Waals surface area contributed by atoms with Crippen molar-refractivity contribution in [2.75, 3.05) is 19.1 Å². The minimum atomic E-state index is -0.816. The quantitative estimate of drug-likeness (QED) is 0.644. The molecule has 1 aromatic rings. The normalized spacial score (nSPS) is 13.4. The Labute approximate surface area is 142 Å². The summed E-state index contributed by atoms with van der Waals surface area (Å²) >= 11 is 1.65. The Morgan fingerprint density at radius 3 is 2.70 bits per heavy atom. The van der Waals surface area contributed by atoms with E-state index in [-0.39, 0.29) is 6.10 Å². The standard InChI is InChI=1S/C17H27NO4S/c1-5-12(2)22-16-10-13(6-7-15(16)21-3)11-18-14(17(19)20)8-9-23-4/h6-7,10,12,14,18H,5,8-9,11H2,1-4H3,(H,19,20). The number of thioether (sulfide) groups is 1. The largest absolute Gasteiger partial charge is 0.493 e. The van der Waals surface area contributed by atoms with Crippen LogP contribution in [0, 0.1) is 0 Å². The van der Waals surface area contributed by atoms with Gasteiger partial charge in [-0.25, -0.2) is 0 Å². The fourth-order valence-electron chi connectivity index (χ4n) is 2.01. The number of methoxy groups -OCH3 is 1. The number of aliphatic carboxylic acids is 1. The molecule has 0 spiro atoms. The minimum Gasteiger partial charge on any atom is -0.493 e. The minimum absolute atomic E-state index is 0.0976. The van der Waals surface area contributed by atoms with Crippen LogP contribution >= 0.6 is 11.8 Å². The van der Waals surface area contributed by atoms with E-state index < -0.39 is 12.0 Å². The number of ether oxygens (including phenoxy) is 2. The first-order chi connectivity index (χ1) is 11.0. The van der Waals surface area contributed by atoms with Crippen LogP contribution in [0.5, 0.6) is 11.5 Å². The highest BCUT2D eigenvalue weighted by Gasteiger charge is 2.16.